The standard InChI is InChI=1S/C48H37N3O2S/c1-29-5-9-33(10-6-29)47-41-25-23-39(50-41)45(31-13-17-35(52-3)18-14-31)37-21-22-38(49-37)46(32-15-19-36(53-4)20-16-32)40-24-26-42(51-40)48(44-28-27-43(47)54-44)34-11-7-30(2)8-12-34/h5-28,49H,1-4H3. The Kier molecular flexibility index (Phi) is 8.53. The van der Waals surface area contributed by atoms with Gasteiger partial charge in [-0.3, -0.25) is 0 Å². The van der Waals surface area contributed by atoms with Gasteiger partial charge in [0.1, 0.15) is 11.5 Å². The molecule has 0 amide bonds. The van der Waals surface area contributed by atoms with E-state index in [1.54, 1.807) is 25.6 Å². The highest BCUT2D eigenvalue weighted by Crippen LogP contribution is 2.41. The van der Waals surface area contributed by atoms with Crippen molar-refractivity contribution in [3.8, 4) is 56.0 Å². The highest BCUT2D eigenvalue weighted by atomic mass is 32.1. The average Bonchev–Trinajstić information content (AvgIpc) is 4.05. The zero-order valence-electron chi connectivity index (χ0n) is 30.5. The van der Waals surface area contributed by atoms with Gasteiger partial charge in [0, 0.05) is 42.7 Å². The van der Waals surface area contributed by atoms with Crippen LogP contribution in [0.2, 0.25) is 0 Å². The molecule has 4 aromatic carbocycles. The maximum Gasteiger partial charge on any atom is 0.118 e. The van der Waals surface area contributed by atoms with Crippen LogP contribution >= 0.6 is 11.3 Å². The van der Waals surface area contributed by atoms with Gasteiger partial charge < -0.3 is 14.5 Å². The number of aryl methyl sites for hydroxylation is 2. The number of aromatic nitrogens is 3. The van der Waals surface area contributed by atoms with Crippen LogP contribution in [0.5, 0.6) is 11.5 Å². The Labute approximate surface area is 318 Å². The normalized spacial score (nSPS) is 11.9. The molecule has 0 aliphatic carbocycles. The lowest BCUT2D eigenvalue weighted by Gasteiger charge is -2.08. The Morgan fingerprint density at radius 2 is 0.741 bits per heavy atom. The molecule has 0 fully saturated rings. The first-order valence-corrected chi connectivity index (χ1v) is 18.8. The number of fused-ring (bicyclic) bond motifs is 8. The molecule has 0 spiro atoms. The molecular weight excluding hydrogens is 683 g/mol. The van der Waals surface area contributed by atoms with E-state index in [0.717, 1.165) is 99.2 Å². The second-order valence-electron chi connectivity index (χ2n) is 13.6. The van der Waals surface area contributed by atoms with E-state index in [9.17, 15) is 0 Å². The van der Waals surface area contributed by atoms with E-state index in [1.807, 2.05) is 24.3 Å². The van der Waals surface area contributed by atoms with Crippen LogP contribution in [0, 0.1) is 13.8 Å². The van der Waals surface area contributed by atoms with Crippen LogP contribution in [-0.2, 0) is 0 Å². The van der Waals surface area contributed by atoms with Crippen molar-refractivity contribution in [1.82, 2.24) is 15.0 Å². The molecular formula is C48H37N3O2S. The number of nitrogens with zero attached hydrogens (tertiary/aromatic N) is 2. The number of H-pyrrole nitrogens is 1. The summed E-state index contributed by atoms with van der Waals surface area (Å²) in [5.74, 6) is 1.60. The van der Waals surface area contributed by atoms with E-state index < -0.39 is 0 Å². The zero-order valence-corrected chi connectivity index (χ0v) is 31.3. The second kappa shape index (κ2) is 13.8. The lowest BCUT2D eigenvalue weighted by molar-refractivity contribution is 0.415. The first-order chi connectivity index (χ1) is 26.4. The van der Waals surface area contributed by atoms with Gasteiger partial charge in [0.05, 0.1) is 37.0 Å². The number of rotatable bonds is 6. The minimum Gasteiger partial charge on any atom is -0.497 e. The smallest absolute Gasteiger partial charge is 0.118 e. The maximum atomic E-state index is 5.54. The molecule has 3 aromatic heterocycles. The molecule has 1 N–H and O–H groups in total. The third-order valence-electron chi connectivity index (χ3n) is 10.1. The van der Waals surface area contributed by atoms with Crippen molar-refractivity contribution >= 4 is 56.1 Å². The van der Waals surface area contributed by atoms with Gasteiger partial charge in [-0.15, -0.1) is 11.3 Å². The summed E-state index contributed by atoms with van der Waals surface area (Å²) in [4.78, 5) is 14.7. The average molecular weight is 720 g/mol. The van der Waals surface area contributed by atoms with E-state index in [2.05, 4.69) is 140 Å². The summed E-state index contributed by atoms with van der Waals surface area (Å²) >= 11 is 1.78. The number of aromatic amines is 1. The lowest BCUT2D eigenvalue weighted by atomic mass is 10.0. The van der Waals surface area contributed by atoms with Crippen LogP contribution in [0.25, 0.3) is 89.2 Å². The lowest BCUT2D eigenvalue weighted by Crippen LogP contribution is -1.89. The molecule has 6 heteroatoms. The second-order valence-corrected chi connectivity index (χ2v) is 14.7. The molecule has 262 valence electrons. The summed E-state index contributed by atoms with van der Waals surface area (Å²) in [5, 5.41) is 0. The highest BCUT2D eigenvalue weighted by Gasteiger charge is 2.19. The molecule has 0 saturated heterocycles. The maximum absolute atomic E-state index is 5.54. The fourth-order valence-electron chi connectivity index (χ4n) is 7.25. The first-order valence-electron chi connectivity index (χ1n) is 18.0. The molecule has 0 saturated carbocycles. The highest BCUT2D eigenvalue weighted by molar-refractivity contribution is 7.24. The number of thiophene rings is 1. The van der Waals surface area contributed by atoms with Crippen LogP contribution in [0.3, 0.4) is 0 Å². The van der Waals surface area contributed by atoms with Crippen molar-refractivity contribution in [2.45, 2.75) is 13.8 Å². The summed E-state index contributed by atoms with van der Waals surface area (Å²) in [6.07, 6.45) is 8.58. The van der Waals surface area contributed by atoms with E-state index in [1.165, 1.54) is 11.1 Å². The predicted molar refractivity (Wildman–Crippen MR) is 227 cm³/mol. The van der Waals surface area contributed by atoms with Crippen molar-refractivity contribution in [3.63, 3.8) is 0 Å². The zero-order chi connectivity index (χ0) is 36.8. The van der Waals surface area contributed by atoms with Crippen LogP contribution in [0.1, 0.15) is 33.9 Å². The van der Waals surface area contributed by atoms with Crippen LogP contribution < -0.4 is 9.47 Å². The van der Waals surface area contributed by atoms with Crippen molar-refractivity contribution in [2.75, 3.05) is 14.2 Å². The van der Waals surface area contributed by atoms with E-state index in [0.29, 0.717) is 0 Å². The largest absolute Gasteiger partial charge is 0.497 e. The van der Waals surface area contributed by atoms with Gasteiger partial charge in [-0.1, -0.05) is 83.9 Å². The van der Waals surface area contributed by atoms with Crippen molar-refractivity contribution < 1.29 is 9.47 Å². The molecule has 0 atom stereocenters. The van der Waals surface area contributed by atoms with Gasteiger partial charge in [-0.05, 0) is 109 Å². The molecule has 54 heavy (non-hydrogen) atoms. The van der Waals surface area contributed by atoms with Gasteiger partial charge in [0.25, 0.3) is 0 Å². The SMILES string of the molecule is COc1ccc(-c2c3nc(c(-c4ccc(C)cc4)c4ccc(s4)c(-c4ccc(C)cc4)c4nc(c(-c5ccc(OC)cc5)c5ccc2[nH]5)C=C4)C=C3)cc1. The first kappa shape index (κ1) is 33.3. The van der Waals surface area contributed by atoms with Gasteiger partial charge >= 0.3 is 0 Å². The summed E-state index contributed by atoms with van der Waals surface area (Å²) in [5.41, 5.74) is 16.4. The Bertz CT molecular complexity index is 2580. The van der Waals surface area contributed by atoms with Crippen LogP contribution in [-0.4, -0.2) is 29.2 Å². The number of benzene rings is 4. The molecule has 2 aliphatic heterocycles. The molecule has 7 aromatic rings. The fourth-order valence-corrected chi connectivity index (χ4v) is 8.40. The monoisotopic (exact) mass is 719 g/mol. The summed E-state index contributed by atoms with van der Waals surface area (Å²) in [6, 6.07) is 42.6. The van der Waals surface area contributed by atoms with Gasteiger partial charge in [-0.2, -0.15) is 0 Å². The minimum absolute atomic E-state index is 0.800. The Morgan fingerprint density at radius 1 is 0.407 bits per heavy atom. The molecule has 0 radical (unpaired) electrons. The molecule has 5 heterocycles. The molecule has 5 nitrogen and oxygen atoms in total. The predicted octanol–water partition coefficient (Wildman–Crippen LogP) is 12.7. The molecule has 9 rings (SSSR count). The Balaban J connectivity index is 1.45. The quantitative estimate of drug-likeness (QED) is 0.186. The summed E-state index contributed by atoms with van der Waals surface area (Å²) in [7, 11) is 3.38. The molecule has 0 unspecified atom stereocenters. The third-order valence-corrected chi connectivity index (χ3v) is 11.2. The van der Waals surface area contributed by atoms with E-state index >= 15 is 0 Å². The third kappa shape index (κ3) is 6.10. The number of methoxy groups -OCH3 is 2. The Morgan fingerprint density at radius 3 is 1.11 bits per heavy atom. The van der Waals surface area contributed by atoms with Crippen molar-refractivity contribution in [2.24, 2.45) is 0 Å². The molecule has 2 aliphatic rings. The van der Waals surface area contributed by atoms with Gasteiger partial charge in [0.2, 0.25) is 0 Å². The van der Waals surface area contributed by atoms with Crippen molar-refractivity contribution in [1.29, 1.82) is 0 Å². The van der Waals surface area contributed by atoms with Gasteiger partial charge in [-0.25, -0.2) is 9.97 Å². The minimum atomic E-state index is 0.800. The van der Waals surface area contributed by atoms with Crippen molar-refractivity contribution in [3.05, 3.63) is 155 Å². The van der Waals surface area contributed by atoms with Crippen LogP contribution in [0.15, 0.2) is 121 Å². The number of hydrogen-bond acceptors (Lipinski definition) is 5. The molecule has 8 bridgehead atoms. The van der Waals surface area contributed by atoms with Crippen LogP contribution in [0.4, 0.5) is 0 Å². The topological polar surface area (TPSA) is 60.0 Å². The van der Waals surface area contributed by atoms with E-state index in [4.69, 9.17) is 19.4 Å². The number of hydrogen-bond donors (Lipinski definition) is 1. The van der Waals surface area contributed by atoms with E-state index in [-0.39, 0.29) is 0 Å². The number of ether oxygens (including phenoxy) is 2. The Hall–Kier alpha value is -6.50. The summed E-state index contributed by atoms with van der Waals surface area (Å²) in [6.45, 7) is 4.25. The van der Waals surface area contributed by atoms with Gasteiger partial charge in [0.15, 0.2) is 0 Å². The fraction of sp³-hybridized carbons (Fsp3) is 0.0833. The number of nitrogens with one attached hydrogen (secondary N) is 1. The summed E-state index contributed by atoms with van der Waals surface area (Å²) < 4.78 is 13.4.